The fourth-order valence-corrected chi connectivity index (χ4v) is 2.00. The fraction of sp³-hybridized carbons (Fsp3) is 0.0526. The van der Waals surface area contributed by atoms with Gasteiger partial charge in [0.1, 0.15) is 0 Å². The maximum absolute atomic E-state index is 5.88. The summed E-state index contributed by atoms with van der Waals surface area (Å²) in [6.07, 6.45) is 12.5. The van der Waals surface area contributed by atoms with E-state index in [9.17, 15) is 0 Å². The highest BCUT2D eigenvalue weighted by atomic mass is 35.5. The van der Waals surface area contributed by atoms with Crippen molar-refractivity contribution in [3.05, 3.63) is 102 Å². The van der Waals surface area contributed by atoms with Crippen molar-refractivity contribution in [3.8, 4) is 0 Å². The van der Waals surface area contributed by atoms with Gasteiger partial charge in [0.25, 0.3) is 0 Å². The molecule has 1 aromatic carbocycles. The highest BCUT2D eigenvalue weighted by Crippen LogP contribution is 2.28. The molecule has 1 aliphatic rings. The van der Waals surface area contributed by atoms with Gasteiger partial charge in [-0.25, -0.2) is 0 Å². The first-order valence-corrected chi connectivity index (χ1v) is 6.87. The van der Waals surface area contributed by atoms with Crippen LogP contribution in [0.2, 0.25) is 0 Å². The molecule has 0 aliphatic heterocycles. The van der Waals surface area contributed by atoms with Crippen molar-refractivity contribution in [1.82, 2.24) is 0 Å². The number of anilines is 1. The molecule has 0 radical (unpaired) electrons. The third-order valence-electron chi connectivity index (χ3n) is 3.23. The van der Waals surface area contributed by atoms with Gasteiger partial charge < -0.3 is 11.1 Å². The van der Waals surface area contributed by atoms with Crippen molar-refractivity contribution in [1.29, 1.82) is 0 Å². The Morgan fingerprint density at radius 2 is 1.77 bits per heavy atom. The summed E-state index contributed by atoms with van der Waals surface area (Å²) in [5.41, 5.74) is 10.6. The standard InChI is InChI=1S/C19H20N2.ClH/c1-15-12-13-19(20)16(2)18(15)11-7-4-8-14-21-17-9-5-3-6-10-17;/h3-11,13-14,21H,1-2,12,20H2;1H. The van der Waals surface area contributed by atoms with Gasteiger partial charge in [0, 0.05) is 17.6 Å². The molecule has 0 amide bonds. The second kappa shape index (κ2) is 8.75. The lowest BCUT2D eigenvalue weighted by Gasteiger charge is -2.17. The van der Waals surface area contributed by atoms with Crippen molar-refractivity contribution in [2.45, 2.75) is 6.42 Å². The first-order chi connectivity index (χ1) is 10.2. The van der Waals surface area contributed by atoms with Crippen molar-refractivity contribution < 1.29 is 0 Å². The minimum absolute atomic E-state index is 0. The summed E-state index contributed by atoms with van der Waals surface area (Å²) in [5, 5.41) is 3.19. The number of para-hydroxylation sites is 1. The number of allylic oxidation sites excluding steroid dienone is 7. The maximum atomic E-state index is 5.88. The van der Waals surface area contributed by atoms with E-state index in [1.807, 2.05) is 66.9 Å². The van der Waals surface area contributed by atoms with Gasteiger partial charge in [0.05, 0.1) is 0 Å². The Balaban J connectivity index is 0.00000242. The number of rotatable bonds is 4. The van der Waals surface area contributed by atoms with Gasteiger partial charge in [-0.05, 0) is 41.3 Å². The van der Waals surface area contributed by atoms with Crippen LogP contribution in [0.5, 0.6) is 0 Å². The van der Waals surface area contributed by atoms with Gasteiger partial charge in [-0.3, -0.25) is 0 Å². The van der Waals surface area contributed by atoms with Gasteiger partial charge in [-0.1, -0.05) is 55.7 Å². The quantitative estimate of drug-likeness (QED) is 0.778. The van der Waals surface area contributed by atoms with E-state index < -0.39 is 0 Å². The average molecular weight is 313 g/mol. The lowest BCUT2D eigenvalue weighted by molar-refractivity contribution is 1.12. The van der Waals surface area contributed by atoms with E-state index >= 15 is 0 Å². The van der Waals surface area contributed by atoms with Crippen molar-refractivity contribution >= 4 is 18.1 Å². The second-order valence-corrected chi connectivity index (χ2v) is 4.78. The summed E-state index contributed by atoms with van der Waals surface area (Å²) in [6, 6.07) is 10.0. The van der Waals surface area contributed by atoms with Crippen LogP contribution in [0.4, 0.5) is 5.69 Å². The molecule has 0 saturated heterocycles. The van der Waals surface area contributed by atoms with Crippen molar-refractivity contribution in [3.63, 3.8) is 0 Å². The average Bonchev–Trinajstić information content (AvgIpc) is 2.51. The third kappa shape index (κ3) is 4.83. The van der Waals surface area contributed by atoms with E-state index in [1.54, 1.807) is 0 Å². The second-order valence-electron chi connectivity index (χ2n) is 4.78. The van der Waals surface area contributed by atoms with E-state index in [4.69, 9.17) is 5.73 Å². The Labute approximate surface area is 138 Å². The number of halogens is 1. The molecule has 22 heavy (non-hydrogen) atoms. The lowest BCUT2D eigenvalue weighted by atomic mass is 9.90. The summed E-state index contributed by atoms with van der Waals surface area (Å²) in [4.78, 5) is 0. The van der Waals surface area contributed by atoms with Crippen LogP contribution in [0, 0.1) is 0 Å². The first kappa shape index (κ1) is 17.6. The molecule has 0 spiro atoms. The van der Waals surface area contributed by atoms with E-state index in [1.165, 1.54) is 0 Å². The zero-order valence-electron chi connectivity index (χ0n) is 12.5. The highest BCUT2D eigenvalue weighted by molar-refractivity contribution is 5.85. The molecule has 0 bridgehead atoms. The number of benzene rings is 1. The molecule has 2 rings (SSSR count). The van der Waals surface area contributed by atoms with Crippen LogP contribution in [-0.4, -0.2) is 0 Å². The number of hydrogen-bond donors (Lipinski definition) is 2. The predicted molar refractivity (Wildman–Crippen MR) is 98.8 cm³/mol. The Kier molecular flexibility index (Phi) is 7.00. The third-order valence-corrected chi connectivity index (χ3v) is 3.23. The topological polar surface area (TPSA) is 38.0 Å². The van der Waals surface area contributed by atoms with Crippen molar-refractivity contribution in [2.75, 3.05) is 5.32 Å². The molecule has 1 aliphatic carbocycles. The fourth-order valence-electron chi connectivity index (χ4n) is 2.00. The Bertz CT molecular complexity index is 649. The molecule has 0 unspecified atom stereocenters. The molecule has 3 heteroatoms. The monoisotopic (exact) mass is 312 g/mol. The van der Waals surface area contributed by atoms with Crippen LogP contribution in [0.1, 0.15) is 6.42 Å². The van der Waals surface area contributed by atoms with Crippen LogP contribution in [-0.2, 0) is 0 Å². The number of nitrogens with two attached hydrogens (primary N) is 1. The van der Waals surface area contributed by atoms with Gasteiger partial charge in [-0.15, -0.1) is 12.4 Å². The smallest absolute Gasteiger partial charge is 0.0379 e. The van der Waals surface area contributed by atoms with Crippen molar-refractivity contribution in [2.24, 2.45) is 5.73 Å². The van der Waals surface area contributed by atoms with E-state index in [0.29, 0.717) is 0 Å². The van der Waals surface area contributed by atoms with Crippen LogP contribution in [0.3, 0.4) is 0 Å². The summed E-state index contributed by atoms with van der Waals surface area (Å²) < 4.78 is 0. The SMILES string of the molecule is C=C1CC=C(N)C(=C)C1=CC=CC=CNc1ccccc1.Cl. The molecule has 0 fully saturated rings. The largest absolute Gasteiger partial charge is 0.398 e. The van der Waals surface area contributed by atoms with Crippen LogP contribution >= 0.6 is 12.4 Å². The van der Waals surface area contributed by atoms with Crippen LogP contribution in [0.25, 0.3) is 0 Å². The van der Waals surface area contributed by atoms with Gasteiger partial charge in [0.15, 0.2) is 0 Å². The Morgan fingerprint density at radius 1 is 1.05 bits per heavy atom. The molecular weight excluding hydrogens is 292 g/mol. The van der Waals surface area contributed by atoms with Gasteiger partial charge in [-0.2, -0.15) is 0 Å². The molecule has 114 valence electrons. The molecular formula is C19H21ClN2. The number of nitrogens with one attached hydrogen (secondary N) is 1. The normalized spacial score (nSPS) is 16.9. The molecule has 2 nitrogen and oxygen atoms in total. The zero-order chi connectivity index (χ0) is 15.1. The lowest BCUT2D eigenvalue weighted by Crippen LogP contribution is -2.08. The maximum Gasteiger partial charge on any atom is 0.0379 e. The summed E-state index contributed by atoms with van der Waals surface area (Å²) in [7, 11) is 0. The summed E-state index contributed by atoms with van der Waals surface area (Å²) in [5.74, 6) is 0. The molecule has 0 heterocycles. The van der Waals surface area contributed by atoms with E-state index in [-0.39, 0.29) is 12.4 Å². The molecule has 3 N–H and O–H groups in total. The van der Waals surface area contributed by atoms with Gasteiger partial charge >= 0.3 is 0 Å². The molecule has 0 saturated carbocycles. The van der Waals surface area contributed by atoms with E-state index in [2.05, 4.69) is 18.5 Å². The molecule has 0 aromatic heterocycles. The Morgan fingerprint density at radius 3 is 2.50 bits per heavy atom. The zero-order valence-corrected chi connectivity index (χ0v) is 13.3. The molecule has 0 atom stereocenters. The van der Waals surface area contributed by atoms with Gasteiger partial charge in [0.2, 0.25) is 0 Å². The minimum atomic E-state index is 0. The predicted octanol–water partition coefficient (Wildman–Crippen LogP) is 4.88. The van der Waals surface area contributed by atoms with E-state index in [0.717, 1.165) is 34.5 Å². The highest BCUT2D eigenvalue weighted by Gasteiger charge is 2.12. The van der Waals surface area contributed by atoms with Crippen LogP contribution < -0.4 is 11.1 Å². The minimum Gasteiger partial charge on any atom is -0.398 e. The van der Waals surface area contributed by atoms with Crippen LogP contribution in [0.15, 0.2) is 102 Å². The number of hydrogen-bond acceptors (Lipinski definition) is 2. The molecule has 1 aromatic rings. The summed E-state index contributed by atoms with van der Waals surface area (Å²) in [6.45, 7) is 8.04. The first-order valence-electron chi connectivity index (χ1n) is 6.87. The Hall–Kier alpha value is -2.45. The summed E-state index contributed by atoms with van der Waals surface area (Å²) >= 11 is 0.